The summed E-state index contributed by atoms with van der Waals surface area (Å²) in [4.78, 5) is 7.12. The Balaban J connectivity index is 1.69. The molecule has 28 heavy (non-hydrogen) atoms. The molecule has 0 amide bonds. The number of aromatic nitrogens is 4. The zero-order valence-corrected chi connectivity index (χ0v) is 14.9. The van der Waals surface area contributed by atoms with E-state index >= 15 is 0 Å². The summed E-state index contributed by atoms with van der Waals surface area (Å²) in [5, 5.41) is 21.4. The van der Waals surface area contributed by atoms with E-state index in [1.165, 1.54) is 30.6 Å². The number of nitrogens with zero attached hydrogens (tertiary/aromatic N) is 2. The first-order chi connectivity index (χ1) is 13.5. The highest BCUT2D eigenvalue weighted by atomic mass is 35.5. The number of nitrogens with one attached hydrogen (secondary N) is 3. The third-order valence-corrected chi connectivity index (χ3v) is 4.38. The lowest BCUT2D eigenvalue weighted by atomic mass is 10.1. The molecule has 0 aliphatic rings. The molecule has 0 spiro atoms. The number of hydrogen-bond donors (Lipinski definition) is 4. The van der Waals surface area contributed by atoms with E-state index in [1.54, 1.807) is 12.4 Å². The number of rotatable bonds is 6. The van der Waals surface area contributed by atoms with Gasteiger partial charge in [-0.25, -0.2) is 0 Å². The topological polar surface area (TPSA) is 98.8 Å². The second-order valence-corrected chi connectivity index (χ2v) is 6.32. The van der Waals surface area contributed by atoms with Crippen LogP contribution in [-0.4, -0.2) is 31.9 Å². The third kappa shape index (κ3) is 3.49. The van der Waals surface area contributed by atoms with Gasteiger partial charge in [0.1, 0.15) is 11.4 Å². The maximum absolute atomic E-state index is 12.7. The Kier molecular flexibility index (Phi) is 4.84. The molecule has 4 rings (SSSR count). The summed E-state index contributed by atoms with van der Waals surface area (Å²) >= 11 is 6.01. The lowest BCUT2D eigenvalue weighted by Crippen LogP contribution is -2.11. The fourth-order valence-electron chi connectivity index (χ4n) is 2.94. The van der Waals surface area contributed by atoms with E-state index in [0.29, 0.717) is 16.3 Å². The first-order valence-corrected chi connectivity index (χ1v) is 8.55. The van der Waals surface area contributed by atoms with Crippen LogP contribution in [-0.2, 0) is 0 Å². The van der Waals surface area contributed by atoms with Crippen LogP contribution in [0.1, 0.15) is 11.8 Å². The summed E-state index contributed by atoms with van der Waals surface area (Å²) in [6, 6.07) is 6.05. The van der Waals surface area contributed by atoms with Gasteiger partial charge in [0.2, 0.25) is 0 Å². The standard InChI is InChI=1S/C18H14ClF2N5O2/c19-9-1-2-15(28-18(20)21)11(5-9)16-14(8-24-26-16)25-17(27)12-6-22-7-13-10(12)3-4-23-13/h1-8,17-18,23,25,27H,(H,24,26). The predicted molar refractivity (Wildman–Crippen MR) is 100 cm³/mol. The van der Waals surface area contributed by atoms with E-state index in [9.17, 15) is 13.9 Å². The van der Waals surface area contributed by atoms with Gasteiger partial charge < -0.3 is 20.1 Å². The third-order valence-electron chi connectivity index (χ3n) is 4.15. The Labute approximate surface area is 162 Å². The molecule has 4 N–H and O–H groups in total. The lowest BCUT2D eigenvalue weighted by molar-refractivity contribution is -0.0494. The van der Waals surface area contributed by atoms with Gasteiger partial charge in [-0.3, -0.25) is 10.1 Å². The molecule has 4 aromatic rings. The van der Waals surface area contributed by atoms with Gasteiger partial charge in [-0.05, 0) is 24.3 Å². The molecule has 144 valence electrons. The molecular formula is C18H14ClF2N5O2. The summed E-state index contributed by atoms with van der Waals surface area (Å²) in [5.41, 5.74) is 2.21. The van der Waals surface area contributed by atoms with Gasteiger partial charge in [-0.15, -0.1) is 0 Å². The number of anilines is 1. The number of benzene rings is 1. The number of ether oxygens (including phenoxy) is 1. The van der Waals surface area contributed by atoms with Crippen LogP contribution in [0.5, 0.6) is 5.75 Å². The molecule has 3 heterocycles. The Hall–Kier alpha value is -3.17. The van der Waals surface area contributed by atoms with Crippen molar-refractivity contribution in [2.24, 2.45) is 0 Å². The molecule has 3 aromatic heterocycles. The van der Waals surface area contributed by atoms with Crippen LogP contribution in [0.2, 0.25) is 5.02 Å². The Morgan fingerprint density at radius 3 is 2.89 bits per heavy atom. The second-order valence-electron chi connectivity index (χ2n) is 5.88. The van der Waals surface area contributed by atoms with E-state index in [0.717, 1.165) is 10.9 Å². The summed E-state index contributed by atoms with van der Waals surface area (Å²) in [6.07, 6.45) is 5.30. The number of aromatic amines is 2. The van der Waals surface area contributed by atoms with E-state index in [2.05, 4.69) is 30.2 Å². The van der Waals surface area contributed by atoms with Crippen molar-refractivity contribution in [2.45, 2.75) is 12.8 Å². The minimum Gasteiger partial charge on any atom is -0.434 e. The van der Waals surface area contributed by atoms with Crippen molar-refractivity contribution < 1.29 is 18.6 Å². The van der Waals surface area contributed by atoms with E-state index in [1.807, 2.05) is 6.07 Å². The quantitative estimate of drug-likeness (QED) is 0.358. The lowest BCUT2D eigenvalue weighted by Gasteiger charge is -2.16. The van der Waals surface area contributed by atoms with Gasteiger partial charge >= 0.3 is 6.61 Å². The number of alkyl halides is 2. The van der Waals surface area contributed by atoms with Crippen LogP contribution in [0.3, 0.4) is 0 Å². The number of H-pyrrole nitrogens is 2. The van der Waals surface area contributed by atoms with Crippen LogP contribution >= 0.6 is 11.6 Å². The van der Waals surface area contributed by atoms with Crippen LogP contribution in [0, 0.1) is 0 Å². The fourth-order valence-corrected chi connectivity index (χ4v) is 3.11. The first kappa shape index (κ1) is 18.2. The molecule has 0 radical (unpaired) electrons. The van der Waals surface area contributed by atoms with Crippen molar-refractivity contribution in [2.75, 3.05) is 5.32 Å². The number of aliphatic hydroxyl groups is 1. The smallest absolute Gasteiger partial charge is 0.387 e. The maximum Gasteiger partial charge on any atom is 0.387 e. The largest absolute Gasteiger partial charge is 0.434 e. The van der Waals surface area contributed by atoms with Crippen LogP contribution in [0.4, 0.5) is 14.5 Å². The number of fused-ring (bicyclic) bond motifs is 1. The van der Waals surface area contributed by atoms with E-state index in [-0.39, 0.29) is 17.0 Å². The zero-order chi connectivity index (χ0) is 19.7. The molecule has 1 unspecified atom stereocenters. The number of pyridine rings is 1. The molecule has 0 aliphatic heterocycles. The Morgan fingerprint density at radius 1 is 1.21 bits per heavy atom. The Bertz CT molecular complexity index is 1110. The summed E-state index contributed by atoms with van der Waals surface area (Å²) in [6.45, 7) is -3.00. The minimum absolute atomic E-state index is 0.0848. The van der Waals surface area contributed by atoms with Crippen molar-refractivity contribution in [3.05, 3.63) is 59.6 Å². The molecule has 0 saturated carbocycles. The average Bonchev–Trinajstić information content (AvgIpc) is 3.31. The van der Waals surface area contributed by atoms with Crippen LogP contribution in [0.15, 0.2) is 49.1 Å². The molecule has 1 atom stereocenters. The van der Waals surface area contributed by atoms with Crippen molar-refractivity contribution in [3.8, 4) is 17.0 Å². The van der Waals surface area contributed by atoms with Gasteiger partial charge in [0.05, 0.1) is 17.4 Å². The van der Waals surface area contributed by atoms with Crippen molar-refractivity contribution in [1.82, 2.24) is 20.2 Å². The van der Waals surface area contributed by atoms with E-state index in [4.69, 9.17) is 11.6 Å². The van der Waals surface area contributed by atoms with Crippen LogP contribution in [0.25, 0.3) is 22.2 Å². The van der Waals surface area contributed by atoms with Crippen LogP contribution < -0.4 is 10.1 Å². The van der Waals surface area contributed by atoms with Crippen molar-refractivity contribution in [1.29, 1.82) is 0 Å². The normalized spacial score (nSPS) is 12.5. The summed E-state index contributed by atoms with van der Waals surface area (Å²) < 4.78 is 30.1. The minimum atomic E-state index is -3.00. The number of hydrogen-bond acceptors (Lipinski definition) is 5. The maximum atomic E-state index is 12.7. The van der Waals surface area contributed by atoms with Gasteiger partial charge in [0.25, 0.3) is 0 Å². The number of halogens is 3. The highest BCUT2D eigenvalue weighted by Gasteiger charge is 2.20. The molecule has 0 saturated heterocycles. The molecule has 0 fully saturated rings. The SMILES string of the molecule is OC(Nc1c[nH]nc1-c1cc(Cl)ccc1OC(F)F)c1cncc2[nH]ccc12. The van der Waals surface area contributed by atoms with Gasteiger partial charge in [0.15, 0.2) is 6.23 Å². The van der Waals surface area contributed by atoms with Crippen molar-refractivity contribution >= 4 is 28.2 Å². The summed E-state index contributed by atoms with van der Waals surface area (Å²) in [7, 11) is 0. The van der Waals surface area contributed by atoms with E-state index < -0.39 is 12.8 Å². The molecule has 0 aliphatic carbocycles. The fraction of sp³-hybridized carbons (Fsp3) is 0.111. The van der Waals surface area contributed by atoms with Gasteiger partial charge in [-0.2, -0.15) is 13.9 Å². The Morgan fingerprint density at radius 2 is 2.07 bits per heavy atom. The zero-order valence-electron chi connectivity index (χ0n) is 14.2. The van der Waals surface area contributed by atoms with Gasteiger partial charge in [0, 0.05) is 40.1 Å². The number of aliphatic hydroxyl groups excluding tert-OH is 1. The molecular weight excluding hydrogens is 392 g/mol. The monoisotopic (exact) mass is 405 g/mol. The highest BCUT2D eigenvalue weighted by Crippen LogP contribution is 2.37. The second kappa shape index (κ2) is 7.45. The van der Waals surface area contributed by atoms with Gasteiger partial charge in [-0.1, -0.05) is 11.6 Å². The molecule has 7 nitrogen and oxygen atoms in total. The highest BCUT2D eigenvalue weighted by molar-refractivity contribution is 6.31. The predicted octanol–water partition coefficient (Wildman–Crippen LogP) is 4.31. The molecule has 10 heteroatoms. The summed E-state index contributed by atoms with van der Waals surface area (Å²) in [5.74, 6) is -0.0848. The first-order valence-electron chi connectivity index (χ1n) is 8.17. The van der Waals surface area contributed by atoms with Crippen molar-refractivity contribution in [3.63, 3.8) is 0 Å². The molecule has 1 aromatic carbocycles. The molecule has 0 bridgehead atoms. The average molecular weight is 406 g/mol.